The van der Waals surface area contributed by atoms with Gasteiger partial charge < -0.3 is 5.11 Å². The molecule has 1 aromatic rings. The van der Waals surface area contributed by atoms with Crippen LogP contribution < -0.4 is 0 Å². The van der Waals surface area contributed by atoms with E-state index in [0.717, 1.165) is 9.50 Å². The highest BCUT2D eigenvalue weighted by Crippen LogP contribution is 2.14. The van der Waals surface area contributed by atoms with Crippen LogP contribution in [-0.4, -0.2) is 11.6 Å². The standard InChI is InChI=1S/C6H4BrCl.CH2O2/c7-5-2-1-3-6(8)4-5;2-1-3/h1-4H;1H,(H,2,3). The minimum absolute atomic E-state index is 0.250. The lowest BCUT2D eigenvalue weighted by atomic mass is 10.4. The number of rotatable bonds is 0. The van der Waals surface area contributed by atoms with Crippen molar-refractivity contribution in [3.8, 4) is 0 Å². The van der Waals surface area contributed by atoms with Crippen molar-refractivity contribution in [2.45, 2.75) is 0 Å². The Balaban J connectivity index is 0.000000292. The third kappa shape index (κ3) is 5.88. The van der Waals surface area contributed by atoms with Crippen LogP contribution in [0.15, 0.2) is 28.7 Å². The molecule has 0 unspecified atom stereocenters. The van der Waals surface area contributed by atoms with Gasteiger partial charge in [-0.05, 0) is 18.2 Å². The van der Waals surface area contributed by atoms with Crippen molar-refractivity contribution in [1.82, 2.24) is 0 Å². The lowest BCUT2D eigenvalue weighted by Crippen LogP contribution is -1.61. The highest BCUT2D eigenvalue weighted by atomic mass is 79.9. The van der Waals surface area contributed by atoms with Crippen molar-refractivity contribution in [2.24, 2.45) is 0 Å². The van der Waals surface area contributed by atoms with Crippen LogP contribution in [-0.2, 0) is 4.79 Å². The number of carboxylic acid groups (broad SMARTS) is 1. The average Bonchev–Trinajstić information content (AvgIpc) is 1.88. The molecule has 0 saturated carbocycles. The van der Waals surface area contributed by atoms with Crippen molar-refractivity contribution >= 4 is 34.0 Å². The Labute approximate surface area is 77.9 Å². The lowest BCUT2D eigenvalue weighted by Gasteiger charge is -1.87. The molecule has 0 aliphatic heterocycles. The number of halogens is 2. The number of carbonyl (C=O) groups is 1. The molecule has 0 aliphatic carbocycles. The first kappa shape index (κ1) is 10.5. The molecular formula is C7H6BrClO2. The molecule has 0 aromatic heterocycles. The second-order valence-electron chi connectivity index (χ2n) is 1.55. The predicted octanol–water partition coefficient (Wildman–Crippen LogP) is 2.80. The third-order valence-electron chi connectivity index (χ3n) is 0.787. The molecule has 0 spiro atoms. The highest BCUT2D eigenvalue weighted by molar-refractivity contribution is 9.10. The Morgan fingerprint density at radius 2 is 2.09 bits per heavy atom. The van der Waals surface area contributed by atoms with Crippen LogP contribution in [0.3, 0.4) is 0 Å². The van der Waals surface area contributed by atoms with Crippen LogP contribution in [0, 0.1) is 0 Å². The Morgan fingerprint density at radius 3 is 2.36 bits per heavy atom. The van der Waals surface area contributed by atoms with Crippen LogP contribution in [0.2, 0.25) is 5.02 Å². The van der Waals surface area contributed by atoms with E-state index in [4.69, 9.17) is 21.5 Å². The van der Waals surface area contributed by atoms with Crippen LogP contribution in [0.4, 0.5) is 0 Å². The normalized spacial score (nSPS) is 7.82. The maximum atomic E-state index is 8.36. The van der Waals surface area contributed by atoms with Gasteiger partial charge in [0.05, 0.1) is 0 Å². The Kier molecular flexibility index (Phi) is 5.88. The van der Waals surface area contributed by atoms with Gasteiger partial charge in [-0.25, -0.2) is 0 Å². The second-order valence-corrected chi connectivity index (χ2v) is 2.90. The summed E-state index contributed by atoms with van der Waals surface area (Å²) in [6.07, 6.45) is 0. The summed E-state index contributed by atoms with van der Waals surface area (Å²) in [5, 5.41) is 7.65. The summed E-state index contributed by atoms with van der Waals surface area (Å²) in [6.45, 7) is -0.250. The Morgan fingerprint density at radius 1 is 1.55 bits per heavy atom. The van der Waals surface area contributed by atoms with E-state index in [1.165, 1.54) is 0 Å². The monoisotopic (exact) mass is 236 g/mol. The lowest BCUT2D eigenvalue weighted by molar-refractivity contribution is -0.122. The van der Waals surface area contributed by atoms with E-state index in [2.05, 4.69) is 15.9 Å². The van der Waals surface area contributed by atoms with Gasteiger partial charge in [0.2, 0.25) is 0 Å². The molecule has 0 aliphatic rings. The molecule has 1 rings (SSSR count). The van der Waals surface area contributed by atoms with Gasteiger partial charge in [0.25, 0.3) is 6.47 Å². The topological polar surface area (TPSA) is 37.3 Å². The molecule has 0 heterocycles. The third-order valence-corrected chi connectivity index (χ3v) is 1.52. The second kappa shape index (κ2) is 6.19. The molecule has 0 atom stereocenters. The van der Waals surface area contributed by atoms with E-state index < -0.39 is 0 Å². The van der Waals surface area contributed by atoms with Gasteiger partial charge in [-0.3, -0.25) is 4.79 Å². The molecule has 0 bridgehead atoms. The van der Waals surface area contributed by atoms with E-state index in [1.54, 1.807) is 0 Å². The van der Waals surface area contributed by atoms with Gasteiger partial charge in [0.15, 0.2) is 0 Å². The molecule has 1 aromatic carbocycles. The van der Waals surface area contributed by atoms with E-state index >= 15 is 0 Å². The van der Waals surface area contributed by atoms with Crippen LogP contribution in [0.1, 0.15) is 0 Å². The van der Waals surface area contributed by atoms with Crippen LogP contribution in [0.25, 0.3) is 0 Å². The van der Waals surface area contributed by atoms with E-state index in [1.807, 2.05) is 24.3 Å². The first-order valence-corrected chi connectivity index (χ1v) is 3.86. The van der Waals surface area contributed by atoms with Gasteiger partial charge in [-0.1, -0.05) is 33.6 Å². The molecule has 0 radical (unpaired) electrons. The van der Waals surface area contributed by atoms with Crippen LogP contribution in [0.5, 0.6) is 0 Å². The van der Waals surface area contributed by atoms with Crippen molar-refractivity contribution in [3.05, 3.63) is 33.8 Å². The smallest absolute Gasteiger partial charge is 0.290 e. The summed E-state index contributed by atoms with van der Waals surface area (Å²) in [5.41, 5.74) is 0. The molecule has 60 valence electrons. The molecule has 0 fully saturated rings. The quantitative estimate of drug-likeness (QED) is 0.705. The SMILES string of the molecule is Clc1cccc(Br)c1.O=CO. The molecule has 11 heavy (non-hydrogen) atoms. The summed E-state index contributed by atoms with van der Waals surface area (Å²) >= 11 is 8.89. The Hall–Kier alpha value is -0.540. The summed E-state index contributed by atoms with van der Waals surface area (Å²) in [4.78, 5) is 8.36. The molecule has 1 N–H and O–H groups in total. The zero-order valence-corrected chi connectivity index (χ0v) is 7.84. The largest absolute Gasteiger partial charge is 0.483 e. The van der Waals surface area contributed by atoms with Crippen molar-refractivity contribution in [1.29, 1.82) is 0 Å². The van der Waals surface area contributed by atoms with Gasteiger partial charge in [0.1, 0.15) is 0 Å². The maximum absolute atomic E-state index is 8.36. The number of hydrogen-bond donors (Lipinski definition) is 1. The number of hydrogen-bond acceptors (Lipinski definition) is 1. The van der Waals surface area contributed by atoms with Crippen LogP contribution >= 0.6 is 27.5 Å². The van der Waals surface area contributed by atoms with Crippen molar-refractivity contribution < 1.29 is 9.90 Å². The highest BCUT2D eigenvalue weighted by Gasteiger charge is 1.84. The fraction of sp³-hybridized carbons (Fsp3) is 0. The van der Waals surface area contributed by atoms with Gasteiger partial charge in [-0.2, -0.15) is 0 Å². The molecule has 4 heteroatoms. The van der Waals surface area contributed by atoms with E-state index in [-0.39, 0.29) is 6.47 Å². The minimum atomic E-state index is -0.250. The van der Waals surface area contributed by atoms with Gasteiger partial charge in [0, 0.05) is 9.50 Å². The maximum Gasteiger partial charge on any atom is 0.290 e. The summed E-state index contributed by atoms with van der Waals surface area (Å²) < 4.78 is 1.02. The Bertz CT molecular complexity index is 210. The van der Waals surface area contributed by atoms with Crippen molar-refractivity contribution in [3.63, 3.8) is 0 Å². The van der Waals surface area contributed by atoms with Gasteiger partial charge in [-0.15, -0.1) is 0 Å². The number of benzene rings is 1. The summed E-state index contributed by atoms with van der Waals surface area (Å²) in [6, 6.07) is 7.52. The molecule has 0 amide bonds. The van der Waals surface area contributed by atoms with Crippen molar-refractivity contribution in [2.75, 3.05) is 0 Å². The van der Waals surface area contributed by atoms with Gasteiger partial charge >= 0.3 is 0 Å². The fourth-order valence-electron chi connectivity index (χ4n) is 0.460. The zero-order chi connectivity index (χ0) is 8.69. The molecule has 0 saturated heterocycles. The first-order valence-electron chi connectivity index (χ1n) is 2.69. The first-order chi connectivity index (χ1) is 5.20. The summed E-state index contributed by atoms with van der Waals surface area (Å²) in [7, 11) is 0. The fourth-order valence-corrected chi connectivity index (χ4v) is 1.18. The van der Waals surface area contributed by atoms with E-state index in [0.29, 0.717) is 0 Å². The molecule has 2 nitrogen and oxygen atoms in total. The average molecular weight is 237 g/mol. The minimum Gasteiger partial charge on any atom is -0.483 e. The summed E-state index contributed by atoms with van der Waals surface area (Å²) in [5.74, 6) is 0. The zero-order valence-electron chi connectivity index (χ0n) is 5.50. The molecular weight excluding hydrogens is 231 g/mol. The van der Waals surface area contributed by atoms with E-state index in [9.17, 15) is 0 Å². The predicted molar refractivity (Wildman–Crippen MR) is 47.8 cm³/mol.